The van der Waals surface area contributed by atoms with Gasteiger partial charge in [-0.3, -0.25) is 29.8 Å². The molecule has 2 amide bonds. The molecular formula is C45H52BrF2N10O4P. The summed E-state index contributed by atoms with van der Waals surface area (Å²) in [4.78, 5) is 49.2. The lowest BCUT2D eigenvalue weighted by Gasteiger charge is -2.43. The van der Waals surface area contributed by atoms with Crippen molar-refractivity contribution in [2.24, 2.45) is 0 Å². The smallest absolute Gasteiger partial charge is 0.234 e. The number of piperidine rings is 2. The highest BCUT2D eigenvalue weighted by atomic mass is 79.9. The number of piperazine rings is 1. The summed E-state index contributed by atoms with van der Waals surface area (Å²) in [6.07, 6.45) is 10.2. The third-order valence-electron chi connectivity index (χ3n) is 12.4. The fourth-order valence-electron chi connectivity index (χ4n) is 9.12. The average Bonchev–Trinajstić information content (AvgIpc) is 3.27. The number of carbonyl (C=O) groups is 2. The molecule has 63 heavy (non-hydrogen) atoms. The van der Waals surface area contributed by atoms with Gasteiger partial charge in [-0.15, -0.1) is 0 Å². The molecule has 1 unspecified atom stereocenters. The zero-order valence-electron chi connectivity index (χ0n) is 35.9. The van der Waals surface area contributed by atoms with Gasteiger partial charge in [-0.05, 0) is 96.8 Å². The van der Waals surface area contributed by atoms with Gasteiger partial charge >= 0.3 is 0 Å². The predicted molar refractivity (Wildman–Crippen MR) is 246 cm³/mol. The molecule has 0 saturated carbocycles. The lowest BCUT2D eigenvalue weighted by Crippen LogP contribution is -2.53. The number of imide groups is 1. The minimum absolute atomic E-state index is 0.0634. The van der Waals surface area contributed by atoms with Crippen molar-refractivity contribution in [3.8, 4) is 5.75 Å². The molecule has 0 bridgehead atoms. The molecule has 332 valence electrons. The van der Waals surface area contributed by atoms with Gasteiger partial charge in [-0.25, -0.2) is 13.8 Å². The summed E-state index contributed by atoms with van der Waals surface area (Å²) >= 11 is 3.58. The van der Waals surface area contributed by atoms with Gasteiger partial charge in [-0.2, -0.15) is 4.98 Å². The van der Waals surface area contributed by atoms with Gasteiger partial charge in [0, 0.05) is 98.7 Å². The number of halogens is 3. The number of amides is 2. The first-order chi connectivity index (χ1) is 30.3. The van der Waals surface area contributed by atoms with E-state index < -0.39 is 36.5 Å². The Morgan fingerprint density at radius 3 is 2.37 bits per heavy atom. The van der Waals surface area contributed by atoms with E-state index in [2.05, 4.69) is 80.6 Å². The van der Waals surface area contributed by atoms with Crippen molar-refractivity contribution in [3.05, 3.63) is 87.9 Å². The van der Waals surface area contributed by atoms with Crippen molar-refractivity contribution in [3.63, 3.8) is 0 Å². The molecule has 1 atom stereocenters. The van der Waals surface area contributed by atoms with Crippen LogP contribution in [0.2, 0.25) is 0 Å². The molecule has 8 rings (SSSR count). The van der Waals surface area contributed by atoms with Gasteiger partial charge in [0.2, 0.25) is 17.8 Å². The number of ether oxygens (including phenoxy) is 1. The maximum atomic E-state index is 15.1. The van der Waals surface area contributed by atoms with E-state index in [-0.39, 0.29) is 18.4 Å². The van der Waals surface area contributed by atoms with Gasteiger partial charge in [0.1, 0.15) is 30.3 Å². The zero-order valence-corrected chi connectivity index (χ0v) is 38.4. The van der Waals surface area contributed by atoms with Crippen molar-refractivity contribution in [1.82, 2.24) is 35.1 Å². The van der Waals surface area contributed by atoms with Crippen molar-refractivity contribution in [2.45, 2.75) is 57.4 Å². The quantitative estimate of drug-likeness (QED) is 0.0811. The normalized spacial score (nSPS) is 18.1. The van der Waals surface area contributed by atoms with Crippen LogP contribution in [-0.2, 0) is 27.0 Å². The molecule has 0 aliphatic carbocycles. The second-order valence-corrected chi connectivity index (χ2v) is 20.8. The minimum atomic E-state index is -2.75. The van der Waals surface area contributed by atoms with Crippen LogP contribution in [-0.4, -0.2) is 114 Å². The van der Waals surface area contributed by atoms with Gasteiger partial charge in [0.05, 0.1) is 46.8 Å². The molecule has 3 aliphatic rings. The Kier molecular flexibility index (Phi) is 13.4. The van der Waals surface area contributed by atoms with Gasteiger partial charge in [-0.1, -0.05) is 6.92 Å². The Bertz CT molecular complexity index is 2560. The van der Waals surface area contributed by atoms with Crippen LogP contribution in [0.25, 0.3) is 10.9 Å². The van der Waals surface area contributed by atoms with Crippen LogP contribution in [0.3, 0.4) is 0 Å². The molecule has 5 aromatic rings. The molecule has 0 radical (unpaired) electrons. The lowest BCUT2D eigenvalue weighted by atomic mass is 9.89. The summed E-state index contributed by atoms with van der Waals surface area (Å²) < 4.78 is 50.3. The number of nitrogens with zero attached hydrogens (tertiary/aromatic N) is 7. The monoisotopic (exact) mass is 944 g/mol. The molecule has 3 fully saturated rings. The Hall–Kier alpha value is -5.09. The summed E-state index contributed by atoms with van der Waals surface area (Å²) in [6, 6.07) is 9.17. The highest BCUT2D eigenvalue weighted by Crippen LogP contribution is 2.42. The van der Waals surface area contributed by atoms with Crippen LogP contribution in [0.5, 0.6) is 5.75 Å². The lowest BCUT2D eigenvalue weighted by molar-refractivity contribution is -0.134. The second kappa shape index (κ2) is 18.9. The second-order valence-electron chi connectivity index (χ2n) is 16.8. The van der Waals surface area contributed by atoms with E-state index in [1.165, 1.54) is 17.7 Å². The van der Waals surface area contributed by atoms with Crippen LogP contribution < -0.4 is 30.9 Å². The topological polar surface area (TPSA) is 158 Å². The number of aromatic nitrogens is 4. The standard InChI is InChI=1S/C45H52BrF2N10O4P/c1-5-28-22-35(53-45-51-24-32(46)43(55-45)52-37-26-50-36-25-49-12-8-30(36)42(37)63(3,4)61)39(62-2)23-38(28)58-14-10-29(11-15-58)57-18-16-56(17-19-57)13-9-27-20-33(47)41(34(48)21-27)31-6-7-40(59)54-44(31)60/h8,12,20-26,29,31H,5-7,9-11,13-19H2,1-4H3,(H,54,59,60)(H2,51,52,53,55). The molecule has 3 aliphatic heterocycles. The maximum absolute atomic E-state index is 15.1. The van der Waals surface area contributed by atoms with E-state index >= 15 is 8.78 Å². The van der Waals surface area contributed by atoms with Gasteiger partial charge in [0.15, 0.2) is 0 Å². The molecule has 2 aromatic carbocycles. The molecule has 6 heterocycles. The number of pyridine rings is 2. The van der Waals surface area contributed by atoms with Crippen LogP contribution in [0.15, 0.2) is 59.6 Å². The first-order valence-corrected chi connectivity index (χ1v) is 24.8. The van der Waals surface area contributed by atoms with Crippen molar-refractivity contribution >= 4 is 79.9 Å². The van der Waals surface area contributed by atoms with E-state index in [9.17, 15) is 14.2 Å². The van der Waals surface area contributed by atoms with Crippen LogP contribution in [0.1, 0.15) is 55.2 Å². The number of hydrogen-bond donors (Lipinski definition) is 3. The third kappa shape index (κ3) is 9.86. The Morgan fingerprint density at radius 1 is 0.937 bits per heavy atom. The number of carbonyl (C=O) groups excluding carboxylic acids is 2. The number of fused-ring (bicyclic) bond motifs is 1. The van der Waals surface area contributed by atoms with E-state index in [0.29, 0.717) is 63.1 Å². The van der Waals surface area contributed by atoms with E-state index in [1.54, 1.807) is 45.2 Å². The SMILES string of the molecule is CCc1cc(Nc2ncc(Br)c(Nc3cnc4cnccc4c3P(C)(C)=O)n2)c(OC)cc1N1CCC(N2CCN(CCc3cc(F)c(C4CCC(=O)NC4=O)c(F)c3)CC2)CC1. The summed E-state index contributed by atoms with van der Waals surface area (Å²) in [5.41, 5.74) is 4.62. The molecule has 3 aromatic heterocycles. The predicted octanol–water partition coefficient (Wildman–Crippen LogP) is 7.12. The Labute approximate surface area is 374 Å². The van der Waals surface area contributed by atoms with Crippen LogP contribution in [0.4, 0.5) is 37.6 Å². The van der Waals surface area contributed by atoms with Gasteiger partial charge in [0.25, 0.3) is 0 Å². The average molecular weight is 946 g/mol. The van der Waals surface area contributed by atoms with Crippen molar-refractivity contribution in [1.29, 1.82) is 0 Å². The molecule has 0 spiro atoms. The fourth-order valence-corrected chi connectivity index (χ4v) is 10.9. The summed E-state index contributed by atoms with van der Waals surface area (Å²) in [5, 5.41) is 10.4. The van der Waals surface area contributed by atoms with Crippen LogP contribution in [0, 0.1) is 11.6 Å². The zero-order chi connectivity index (χ0) is 44.4. The van der Waals surface area contributed by atoms with Crippen LogP contribution >= 0.6 is 23.1 Å². The number of rotatable bonds is 13. The number of nitrogens with one attached hydrogen (secondary N) is 3. The number of methoxy groups -OCH3 is 1. The number of hydrogen-bond acceptors (Lipinski definition) is 13. The molecule has 3 N–H and O–H groups in total. The van der Waals surface area contributed by atoms with E-state index in [1.807, 2.05) is 6.07 Å². The molecule has 3 saturated heterocycles. The Morgan fingerprint density at radius 2 is 1.68 bits per heavy atom. The number of benzene rings is 2. The van der Waals surface area contributed by atoms with E-state index in [0.717, 1.165) is 75.3 Å². The number of aryl methyl sites for hydroxylation is 1. The first-order valence-electron chi connectivity index (χ1n) is 21.4. The summed E-state index contributed by atoms with van der Waals surface area (Å²) in [7, 11) is -1.09. The molecule has 14 nitrogen and oxygen atoms in total. The first kappa shape index (κ1) is 44.5. The molecule has 18 heteroatoms. The summed E-state index contributed by atoms with van der Waals surface area (Å²) in [5.74, 6) is -2.02. The highest BCUT2D eigenvalue weighted by molar-refractivity contribution is 9.10. The third-order valence-corrected chi connectivity index (χ3v) is 14.5. The summed E-state index contributed by atoms with van der Waals surface area (Å²) in [6.45, 7) is 11.8. The molecular weight excluding hydrogens is 893 g/mol. The largest absolute Gasteiger partial charge is 0.494 e. The Balaban J connectivity index is 0.868. The fraction of sp³-hybridized carbons (Fsp3) is 0.422. The minimum Gasteiger partial charge on any atom is -0.494 e. The maximum Gasteiger partial charge on any atom is 0.234 e. The van der Waals surface area contributed by atoms with Crippen molar-refractivity contribution < 1.29 is 27.7 Å². The van der Waals surface area contributed by atoms with Crippen molar-refractivity contribution in [2.75, 3.05) is 81.8 Å². The van der Waals surface area contributed by atoms with Gasteiger partial charge < -0.3 is 29.7 Å². The highest BCUT2D eigenvalue weighted by Gasteiger charge is 2.33. The number of anilines is 5. The van der Waals surface area contributed by atoms with E-state index in [4.69, 9.17) is 9.72 Å².